The van der Waals surface area contributed by atoms with Gasteiger partial charge in [0.25, 0.3) is 0 Å². The number of nitriles is 1. The van der Waals surface area contributed by atoms with E-state index in [1.165, 1.54) is 5.56 Å². The Morgan fingerprint density at radius 2 is 1.67 bits per heavy atom. The summed E-state index contributed by atoms with van der Waals surface area (Å²) in [5, 5.41) is 14.1. The number of hydrogen-bond donors (Lipinski definition) is 2. The molecule has 2 rings (SSSR count). The third kappa shape index (κ3) is 4.66. The fourth-order valence-corrected chi connectivity index (χ4v) is 1.91. The summed E-state index contributed by atoms with van der Waals surface area (Å²) < 4.78 is 0. The van der Waals surface area contributed by atoms with Gasteiger partial charge in [-0.05, 0) is 23.3 Å². The summed E-state index contributed by atoms with van der Waals surface area (Å²) in [5.74, 6) is -0.114. The van der Waals surface area contributed by atoms with Crippen LogP contribution in [0.1, 0.15) is 6.42 Å². The van der Waals surface area contributed by atoms with E-state index in [4.69, 9.17) is 5.26 Å². The lowest BCUT2D eigenvalue weighted by Crippen LogP contribution is -2.30. The van der Waals surface area contributed by atoms with Crippen molar-refractivity contribution in [3.05, 3.63) is 54.6 Å². The quantitative estimate of drug-likeness (QED) is 0.799. The summed E-state index contributed by atoms with van der Waals surface area (Å²) in [6, 6.07) is 20.0. The molecule has 0 aliphatic carbocycles. The van der Waals surface area contributed by atoms with Gasteiger partial charge >= 0.3 is 0 Å². The van der Waals surface area contributed by atoms with Gasteiger partial charge in [-0.25, -0.2) is 0 Å². The Bertz CT molecular complexity index is 615. The first-order valence-corrected chi connectivity index (χ1v) is 6.82. The molecule has 106 valence electrons. The standard InChI is InChI=1S/C17H17N3O/c18-11-4-12-19-17(21)13-20-16-9-7-15(8-10-16)14-5-2-1-3-6-14/h1-3,5-10,20H,4,12-13H2,(H,19,21). The summed E-state index contributed by atoms with van der Waals surface area (Å²) >= 11 is 0. The van der Waals surface area contributed by atoms with Gasteiger partial charge < -0.3 is 10.6 Å². The van der Waals surface area contributed by atoms with E-state index >= 15 is 0 Å². The number of nitrogens with zero attached hydrogens (tertiary/aromatic N) is 1. The Hall–Kier alpha value is -2.80. The van der Waals surface area contributed by atoms with Crippen molar-refractivity contribution in [3.63, 3.8) is 0 Å². The third-order valence-corrected chi connectivity index (χ3v) is 3.00. The number of carbonyl (C=O) groups excluding carboxylic acids is 1. The fraction of sp³-hybridized carbons (Fsp3) is 0.176. The lowest BCUT2D eigenvalue weighted by Gasteiger charge is -2.08. The van der Waals surface area contributed by atoms with Crippen molar-refractivity contribution in [2.24, 2.45) is 0 Å². The zero-order chi connectivity index (χ0) is 14.9. The van der Waals surface area contributed by atoms with Gasteiger partial charge in [0, 0.05) is 12.2 Å². The van der Waals surface area contributed by atoms with Crippen LogP contribution in [0.15, 0.2) is 54.6 Å². The molecule has 2 aromatic carbocycles. The van der Waals surface area contributed by atoms with Crippen molar-refractivity contribution in [3.8, 4) is 17.2 Å². The second kappa shape index (κ2) is 7.71. The number of carbonyl (C=O) groups is 1. The highest BCUT2D eigenvalue weighted by Crippen LogP contribution is 2.20. The largest absolute Gasteiger partial charge is 0.376 e. The second-order valence-electron chi connectivity index (χ2n) is 4.55. The van der Waals surface area contributed by atoms with Crippen molar-refractivity contribution < 1.29 is 4.79 Å². The summed E-state index contributed by atoms with van der Waals surface area (Å²) in [7, 11) is 0. The first kappa shape index (κ1) is 14.6. The Balaban J connectivity index is 1.86. The normalized spacial score (nSPS) is 9.67. The molecule has 0 saturated heterocycles. The van der Waals surface area contributed by atoms with Crippen molar-refractivity contribution in [2.45, 2.75) is 6.42 Å². The molecule has 4 nitrogen and oxygen atoms in total. The molecule has 0 saturated carbocycles. The maximum atomic E-state index is 11.5. The maximum Gasteiger partial charge on any atom is 0.239 e. The summed E-state index contributed by atoms with van der Waals surface area (Å²) in [6.45, 7) is 0.597. The predicted octanol–water partition coefficient (Wildman–Crippen LogP) is 2.80. The minimum Gasteiger partial charge on any atom is -0.376 e. The van der Waals surface area contributed by atoms with Crippen LogP contribution < -0.4 is 10.6 Å². The minimum absolute atomic E-state index is 0.114. The van der Waals surface area contributed by atoms with Gasteiger partial charge in [0.2, 0.25) is 5.91 Å². The maximum absolute atomic E-state index is 11.5. The highest BCUT2D eigenvalue weighted by atomic mass is 16.1. The van der Waals surface area contributed by atoms with Crippen LogP contribution in [0.3, 0.4) is 0 Å². The van der Waals surface area contributed by atoms with Gasteiger partial charge in [0.05, 0.1) is 19.0 Å². The molecular weight excluding hydrogens is 262 g/mol. The lowest BCUT2D eigenvalue weighted by molar-refractivity contribution is -0.119. The average molecular weight is 279 g/mol. The smallest absolute Gasteiger partial charge is 0.239 e. The number of nitrogens with one attached hydrogen (secondary N) is 2. The van der Waals surface area contributed by atoms with Crippen molar-refractivity contribution >= 4 is 11.6 Å². The number of rotatable bonds is 6. The Kier molecular flexibility index (Phi) is 5.36. The minimum atomic E-state index is -0.114. The van der Waals surface area contributed by atoms with E-state index in [9.17, 15) is 4.79 Å². The first-order chi connectivity index (χ1) is 10.3. The van der Waals surface area contributed by atoms with E-state index in [0.29, 0.717) is 13.0 Å². The summed E-state index contributed by atoms with van der Waals surface area (Å²) in [4.78, 5) is 11.5. The van der Waals surface area contributed by atoms with E-state index in [0.717, 1.165) is 11.3 Å². The number of amides is 1. The van der Waals surface area contributed by atoms with Gasteiger partial charge in [0.15, 0.2) is 0 Å². The summed E-state index contributed by atoms with van der Waals surface area (Å²) in [5.41, 5.74) is 3.20. The van der Waals surface area contributed by atoms with Gasteiger partial charge in [-0.15, -0.1) is 0 Å². The van der Waals surface area contributed by atoms with Crippen molar-refractivity contribution in [1.29, 1.82) is 5.26 Å². The molecule has 21 heavy (non-hydrogen) atoms. The highest BCUT2D eigenvalue weighted by Gasteiger charge is 2.01. The van der Waals surface area contributed by atoms with Crippen LogP contribution in [0.2, 0.25) is 0 Å². The fourth-order valence-electron chi connectivity index (χ4n) is 1.91. The van der Waals surface area contributed by atoms with Crippen molar-refractivity contribution in [2.75, 3.05) is 18.4 Å². The molecule has 0 spiro atoms. The molecule has 0 atom stereocenters. The van der Waals surface area contributed by atoms with E-state index < -0.39 is 0 Å². The van der Waals surface area contributed by atoms with E-state index in [-0.39, 0.29) is 12.5 Å². The Morgan fingerprint density at radius 1 is 1.00 bits per heavy atom. The van der Waals surface area contributed by atoms with Crippen LogP contribution in [0.5, 0.6) is 0 Å². The van der Waals surface area contributed by atoms with Gasteiger partial charge in [-0.1, -0.05) is 42.5 Å². The van der Waals surface area contributed by atoms with Gasteiger partial charge in [-0.3, -0.25) is 4.79 Å². The Morgan fingerprint density at radius 3 is 2.33 bits per heavy atom. The molecule has 2 N–H and O–H groups in total. The van der Waals surface area contributed by atoms with Crippen LogP contribution in [0.4, 0.5) is 5.69 Å². The molecule has 0 aliphatic heterocycles. The zero-order valence-electron chi connectivity index (χ0n) is 11.7. The monoisotopic (exact) mass is 279 g/mol. The zero-order valence-corrected chi connectivity index (χ0v) is 11.7. The van der Waals surface area contributed by atoms with Gasteiger partial charge in [0.1, 0.15) is 0 Å². The van der Waals surface area contributed by atoms with E-state index in [1.807, 2.05) is 48.5 Å². The number of benzene rings is 2. The van der Waals surface area contributed by atoms with Crippen LogP contribution in [0, 0.1) is 11.3 Å². The number of hydrogen-bond acceptors (Lipinski definition) is 3. The van der Waals surface area contributed by atoms with Gasteiger partial charge in [-0.2, -0.15) is 5.26 Å². The molecule has 0 radical (unpaired) electrons. The van der Waals surface area contributed by atoms with Crippen LogP contribution in [-0.2, 0) is 4.79 Å². The molecule has 2 aromatic rings. The highest BCUT2D eigenvalue weighted by molar-refractivity contribution is 5.80. The third-order valence-electron chi connectivity index (χ3n) is 3.00. The van der Waals surface area contributed by atoms with E-state index in [1.54, 1.807) is 0 Å². The molecule has 0 bridgehead atoms. The van der Waals surface area contributed by atoms with Crippen LogP contribution in [-0.4, -0.2) is 19.0 Å². The second-order valence-corrected chi connectivity index (χ2v) is 4.55. The molecule has 1 amide bonds. The lowest BCUT2D eigenvalue weighted by atomic mass is 10.1. The molecule has 0 aromatic heterocycles. The summed E-state index contributed by atoms with van der Waals surface area (Å²) in [6.07, 6.45) is 0.331. The first-order valence-electron chi connectivity index (χ1n) is 6.82. The topological polar surface area (TPSA) is 64.9 Å². The predicted molar refractivity (Wildman–Crippen MR) is 83.6 cm³/mol. The van der Waals surface area contributed by atoms with Crippen LogP contribution >= 0.6 is 0 Å². The average Bonchev–Trinajstić information content (AvgIpc) is 2.54. The Labute approximate surface area is 124 Å². The molecule has 0 unspecified atom stereocenters. The molecular formula is C17H17N3O. The molecule has 4 heteroatoms. The van der Waals surface area contributed by atoms with E-state index in [2.05, 4.69) is 22.8 Å². The SMILES string of the molecule is N#CCCNC(=O)CNc1ccc(-c2ccccc2)cc1. The number of anilines is 1. The molecule has 0 aliphatic rings. The van der Waals surface area contributed by atoms with Crippen molar-refractivity contribution in [1.82, 2.24) is 5.32 Å². The van der Waals surface area contributed by atoms with Crippen LogP contribution in [0.25, 0.3) is 11.1 Å². The molecule has 0 fully saturated rings. The molecule has 0 heterocycles.